The first-order valence-corrected chi connectivity index (χ1v) is 7.69. The zero-order valence-electron chi connectivity index (χ0n) is 13.9. The highest BCUT2D eigenvalue weighted by atomic mass is 19.1. The number of hydrogen-bond acceptors (Lipinski definition) is 2. The van der Waals surface area contributed by atoms with Crippen LogP contribution in [-0.4, -0.2) is 30.3 Å². The van der Waals surface area contributed by atoms with Gasteiger partial charge in [0.15, 0.2) is 0 Å². The molecular weight excluding hydrogens is 352 g/mol. The highest BCUT2D eigenvalue weighted by Gasteiger charge is 2.15. The quantitative estimate of drug-likeness (QED) is 0.797. The highest BCUT2D eigenvalue weighted by Crippen LogP contribution is 2.12. The number of carbonyl (C=O) groups is 2. The van der Waals surface area contributed by atoms with Crippen molar-refractivity contribution in [3.63, 3.8) is 0 Å². The minimum absolute atomic E-state index is 0.0640. The number of nitrogens with one attached hydrogen (secondary N) is 1. The van der Waals surface area contributed by atoms with Crippen molar-refractivity contribution in [3.8, 4) is 0 Å². The molecule has 0 saturated heterocycles. The number of rotatable bonds is 6. The standard InChI is InChI=1S/C18H16F4N2O2/c1-24(10-11-2-3-12(19)8-15(11)21)17(25)6-7-23-18(26)14-5-4-13(20)9-16(14)22/h2-5,8-9H,6-7,10H2,1H3,(H,23,26). The Morgan fingerprint density at radius 2 is 1.58 bits per heavy atom. The second-order valence-electron chi connectivity index (χ2n) is 5.62. The molecule has 0 aliphatic heterocycles. The maximum absolute atomic E-state index is 13.6. The Balaban J connectivity index is 1.84. The summed E-state index contributed by atoms with van der Waals surface area (Å²) in [6.07, 6.45) is -0.103. The summed E-state index contributed by atoms with van der Waals surface area (Å²) in [6.45, 7) is -0.143. The van der Waals surface area contributed by atoms with Crippen molar-refractivity contribution in [3.05, 3.63) is 70.8 Å². The van der Waals surface area contributed by atoms with Gasteiger partial charge in [0.2, 0.25) is 5.91 Å². The van der Waals surface area contributed by atoms with Gasteiger partial charge >= 0.3 is 0 Å². The normalized spacial score (nSPS) is 10.5. The largest absolute Gasteiger partial charge is 0.351 e. The van der Waals surface area contributed by atoms with Crippen molar-refractivity contribution in [1.82, 2.24) is 10.2 Å². The third-order valence-electron chi connectivity index (χ3n) is 3.65. The first kappa shape index (κ1) is 19.4. The van der Waals surface area contributed by atoms with Crippen LogP contribution in [0.2, 0.25) is 0 Å². The third-order valence-corrected chi connectivity index (χ3v) is 3.65. The van der Waals surface area contributed by atoms with Crippen molar-refractivity contribution in [2.75, 3.05) is 13.6 Å². The van der Waals surface area contributed by atoms with E-state index >= 15 is 0 Å². The van der Waals surface area contributed by atoms with Crippen LogP contribution in [0.4, 0.5) is 17.6 Å². The second-order valence-corrected chi connectivity index (χ2v) is 5.62. The molecule has 2 amide bonds. The maximum atomic E-state index is 13.6. The van der Waals surface area contributed by atoms with Gasteiger partial charge in [-0.3, -0.25) is 9.59 Å². The molecule has 0 fully saturated rings. The fourth-order valence-electron chi connectivity index (χ4n) is 2.24. The Labute approximate surface area is 147 Å². The molecule has 2 aromatic rings. The molecule has 0 saturated carbocycles. The zero-order valence-corrected chi connectivity index (χ0v) is 13.9. The van der Waals surface area contributed by atoms with Gasteiger partial charge in [-0.15, -0.1) is 0 Å². The van der Waals surface area contributed by atoms with Crippen molar-refractivity contribution < 1.29 is 27.2 Å². The minimum atomic E-state index is -1.00. The van der Waals surface area contributed by atoms with Crippen LogP contribution in [-0.2, 0) is 11.3 Å². The summed E-state index contributed by atoms with van der Waals surface area (Å²) in [4.78, 5) is 25.0. The molecule has 2 aromatic carbocycles. The van der Waals surface area contributed by atoms with E-state index in [2.05, 4.69) is 5.32 Å². The average molecular weight is 368 g/mol. The van der Waals surface area contributed by atoms with Gasteiger partial charge < -0.3 is 10.2 Å². The Morgan fingerprint density at radius 1 is 0.962 bits per heavy atom. The molecule has 0 atom stereocenters. The van der Waals surface area contributed by atoms with E-state index in [1.165, 1.54) is 18.0 Å². The number of benzene rings is 2. The van der Waals surface area contributed by atoms with Gasteiger partial charge in [0, 0.05) is 44.3 Å². The lowest BCUT2D eigenvalue weighted by molar-refractivity contribution is -0.130. The molecule has 26 heavy (non-hydrogen) atoms. The molecule has 1 N–H and O–H groups in total. The summed E-state index contributed by atoms with van der Waals surface area (Å²) in [5.41, 5.74) is -0.180. The van der Waals surface area contributed by atoms with Crippen LogP contribution in [0.15, 0.2) is 36.4 Å². The van der Waals surface area contributed by atoms with Crippen LogP contribution in [0.3, 0.4) is 0 Å². The molecule has 2 rings (SSSR count). The summed E-state index contributed by atoms with van der Waals surface area (Å²) < 4.78 is 52.8. The predicted octanol–water partition coefficient (Wildman–Crippen LogP) is 3.02. The fraction of sp³-hybridized carbons (Fsp3) is 0.222. The van der Waals surface area contributed by atoms with Crippen LogP contribution < -0.4 is 5.32 Å². The second kappa shape index (κ2) is 8.46. The monoisotopic (exact) mass is 368 g/mol. The SMILES string of the molecule is CN(Cc1ccc(F)cc1F)C(=O)CCNC(=O)c1ccc(F)cc1F. The Hall–Kier alpha value is -2.90. The molecule has 0 spiro atoms. The van der Waals surface area contributed by atoms with E-state index in [-0.39, 0.29) is 30.6 Å². The first-order valence-electron chi connectivity index (χ1n) is 7.69. The lowest BCUT2D eigenvalue weighted by Gasteiger charge is -2.18. The number of nitrogens with zero attached hydrogens (tertiary/aromatic N) is 1. The molecule has 0 heterocycles. The first-order chi connectivity index (χ1) is 12.3. The predicted molar refractivity (Wildman–Crippen MR) is 86.1 cm³/mol. The summed E-state index contributed by atoms with van der Waals surface area (Å²) >= 11 is 0. The van der Waals surface area contributed by atoms with E-state index in [1.807, 2.05) is 0 Å². The van der Waals surface area contributed by atoms with E-state index < -0.39 is 35.1 Å². The summed E-state index contributed by atoms with van der Waals surface area (Å²) in [5.74, 6) is -4.45. The van der Waals surface area contributed by atoms with Gasteiger partial charge in [-0.05, 0) is 18.2 Å². The molecule has 0 aliphatic rings. The van der Waals surface area contributed by atoms with Crippen LogP contribution in [0, 0.1) is 23.3 Å². The number of amides is 2. The van der Waals surface area contributed by atoms with Gasteiger partial charge in [-0.1, -0.05) is 6.07 Å². The lowest BCUT2D eigenvalue weighted by atomic mass is 10.2. The van der Waals surface area contributed by atoms with Crippen molar-refractivity contribution in [1.29, 1.82) is 0 Å². The highest BCUT2D eigenvalue weighted by molar-refractivity contribution is 5.94. The molecular formula is C18H16F4N2O2. The van der Waals surface area contributed by atoms with E-state index in [4.69, 9.17) is 0 Å². The summed E-state index contributed by atoms with van der Waals surface area (Å²) in [5, 5.41) is 2.36. The lowest BCUT2D eigenvalue weighted by Crippen LogP contribution is -2.32. The number of carbonyl (C=O) groups excluding carboxylic acids is 2. The Bertz CT molecular complexity index is 827. The molecule has 0 unspecified atom stereocenters. The van der Waals surface area contributed by atoms with Crippen LogP contribution in [0.1, 0.15) is 22.3 Å². The van der Waals surface area contributed by atoms with E-state index in [9.17, 15) is 27.2 Å². The van der Waals surface area contributed by atoms with Gasteiger partial charge in [0.05, 0.1) is 5.56 Å². The minimum Gasteiger partial charge on any atom is -0.351 e. The van der Waals surface area contributed by atoms with Gasteiger partial charge in [0.25, 0.3) is 5.91 Å². The topological polar surface area (TPSA) is 49.4 Å². The number of hydrogen-bond donors (Lipinski definition) is 1. The summed E-state index contributed by atoms with van der Waals surface area (Å²) in [6, 6.07) is 5.61. The van der Waals surface area contributed by atoms with E-state index in [0.717, 1.165) is 24.3 Å². The molecule has 0 aliphatic carbocycles. The molecule has 8 heteroatoms. The van der Waals surface area contributed by atoms with E-state index in [0.29, 0.717) is 6.07 Å². The van der Waals surface area contributed by atoms with Gasteiger partial charge in [-0.25, -0.2) is 17.6 Å². The van der Waals surface area contributed by atoms with Crippen molar-refractivity contribution in [2.24, 2.45) is 0 Å². The van der Waals surface area contributed by atoms with Crippen molar-refractivity contribution >= 4 is 11.8 Å². The Morgan fingerprint density at radius 3 is 2.19 bits per heavy atom. The van der Waals surface area contributed by atoms with E-state index in [1.54, 1.807) is 0 Å². The third kappa shape index (κ3) is 5.05. The molecule has 0 radical (unpaired) electrons. The fourth-order valence-corrected chi connectivity index (χ4v) is 2.24. The smallest absolute Gasteiger partial charge is 0.254 e. The maximum Gasteiger partial charge on any atom is 0.254 e. The van der Waals surface area contributed by atoms with Crippen LogP contribution in [0.5, 0.6) is 0 Å². The summed E-state index contributed by atoms with van der Waals surface area (Å²) in [7, 11) is 1.44. The van der Waals surface area contributed by atoms with Gasteiger partial charge in [-0.2, -0.15) is 0 Å². The van der Waals surface area contributed by atoms with Gasteiger partial charge in [0.1, 0.15) is 23.3 Å². The molecule has 4 nitrogen and oxygen atoms in total. The zero-order chi connectivity index (χ0) is 19.3. The Kier molecular flexibility index (Phi) is 6.32. The van der Waals surface area contributed by atoms with Crippen LogP contribution in [0.25, 0.3) is 0 Å². The molecule has 0 aromatic heterocycles. The average Bonchev–Trinajstić information content (AvgIpc) is 2.57. The van der Waals surface area contributed by atoms with Crippen molar-refractivity contribution in [2.45, 2.75) is 13.0 Å². The molecule has 138 valence electrons. The van der Waals surface area contributed by atoms with Crippen LogP contribution >= 0.6 is 0 Å². The number of halogens is 4. The molecule has 0 bridgehead atoms.